The average molecular weight is 434 g/mol. The van der Waals surface area contributed by atoms with Crippen LogP contribution in [0.15, 0.2) is 72.1 Å². The molecular weight excluding hydrogens is 410 g/mol. The zero-order valence-corrected chi connectivity index (χ0v) is 18.4. The van der Waals surface area contributed by atoms with E-state index in [1.54, 1.807) is 18.0 Å². The fraction of sp³-hybridized carbons (Fsp3) is 0.174. The second-order valence-corrected chi connectivity index (χ2v) is 7.98. The third kappa shape index (κ3) is 4.80. The van der Waals surface area contributed by atoms with E-state index in [1.807, 2.05) is 79.2 Å². The lowest BCUT2D eigenvalue weighted by Gasteiger charge is -2.10. The van der Waals surface area contributed by atoms with E-state index in [9.17, 15) is 4.79 Å². The van der Waals surface area contributed by atoms with E-state index < -0.39 is 0 Å². The van der Waals surface area contributed by atoms with Crippen LogP contribution in [0.1, 0.15) is 11.3 Å². The predicted octanol–water partition coefficient (Wildman–Crippen LogP) is 4.41. The van der Waals surface area contributed by atoms with Crippen LogP contribution in [-0.2, 0) is 4.79 Å². The van der Waals surface area contributed by atoms with Gasteiger partial charge < -0.3 is 10.1 Å². The van der Waals surface area contributed by atoms with Gasteiger partial charge in [-0.3, -0.25) is 9.36 Å². The van der Waals surface area contributed by atoms with Crippen LogP contribution >= 0.6 is 11.8 Å². The van der Waals surface area contributed by atoms with Gasteiger partial charge in [-0.05, 0) is 38.1 Å². The van der Waals surface area contributed by atoms with Crippen molar-refractivity contribution in [2.45, 2.75) is 19.0 Å². The topological polar surface area (TPSA) is 74.0 Å². The molecule has 2 heterocycles. The van der Waals surface area contributed by atoms with E-state index in [1.165, 1.54) is 17.3 Å². The molecular formula is C23H23N5O2S. The molecule has 0 fully saturated rings. The first-order valence-electron chi connectivity index (χ1n) is 9.77. The van der Waals surface area contributed by atoms with Crippen molar-refractivity contribution in [1.82, 2.24) is 19.3 Å². The Labute approximate surface area is 185 Å². The molecule has 1 amide bonds. The first kappa shape index (κ1) is 20.7. The summed E-state index contributed by atoms with van der Waals surface area (Å²) in [5.41, 5.74) is 3.82. The number of ether oxygens (including phenoxy) is 1. The Morgan fingerprint density at radius 1 is 1.10 bits per heavy atom. The number of rotatable bonds is 7. The summed E-state index contributed by atoms with van der Waals surface area (Å²) in [4.78, 5) is 17.1. The van der Waals surface area contributed by atoms with Crippen LogP contribution < -0.4 is 10.1 Å². The van der Waals surface area contributed by atoms with Crippen molar-refractivity contribution in [3.8, 4) is 17.1 Å². The highest BCUT2D eigenvalue weighted by Crippen LogP contribution is 2.24. The SMILES string of the molecule is COc1cccc(-n2ccnc2SCC(=O)Nc2cc(C)nn2-c2ccc(C)cc2)c1. The summed E-state index contributed by atoms with van der Waals surface area (Å²) in [6.45, 7) is 3.94. The number of carbonyl (C=O) groups is 1. The van der Waals surface area contributed by atoms with Crippen LogP contribution in [0.2, 0.25) is 0 Å². The number of thioether (sulfide) groups is 1. The molecule has 0 aliphatic rings. The van der Waals surface area contributed by atoms with Gasteiger partial charge in [-0.25, -0.2) is 9.67 Å². The van der Waals surface area contributed by atoms with Gasteiger partial charge >= 0.3 is 0 Å². The molecule has 8 heteroatoms. The molecule has 0 saturated carbocycles. The Morgan fingerprint density at radius 3 is 2.68 bits per heavy atom. The number of nitrogens with one attached hydrogen (secondary N) is 1. The molecule has 4 rings (SSSR count). The van der Waals surface area contributed by atoms with Crippen molar-refractivity contribution in [3.05, 3.63) is 78.2 Å². The van der Waals surface area contributed by atoms with Crippen molar-refractivity contribution in [2.75, 3.05) is 18.2 Å². The lowest BCUT2D eigenvalue weighted by molar-refractivity contribution is -0.113. The summed E-state index contributed by atoms with van der Waals surface area (Å²) in [5.74, 6) is 1.50. The maximum Gasteiger partial charge on any atom is 0.236 e. The number of aryl methyl sites for hydroxylation is 2. The highest BCUT2D eigenvalue weighted by Gasteiger charge is 2.13. The van der Waals surface area contributed by atoms with Crippen molar-refractivity contribution >= 4 is 23.5 Å². The van der Waals surface area contributed by atoms with E-state index in [-0.39, 0.29) is 11.7 Å². The second kappa shape index (κ2) is 9.09. The highest BCUT2D eigenvalue weighted by atomic mass is 32.2. The third-order valence-corrected chi connectivity index (χ3v) is 5.62. The molecule has 31 heavy (non-hydrogen) atoms. The quantitative estimate of drug-likeness (QED) is 0.437. The molecule has 0 atom stereocenters. The molecule has 0 radical (unpaired) electrons. The molecule has 0 spiro atoms. The Hall–Kier alpha value is -3.52. The monoisotopic (exact) mass is 433 g/mol. The number of hydrogen-bond acceptors (Lipinski definition) is 5. The lowest BCUT2D eigenvalue weighted by Crippen LogP contribution is -2.17. The number of imidazole rings is 1. The Balaban J connectivity index is 1.46. The van der Waals surface area contributed by atoms with Gasteiger partial charge in [0, 0.05) is 24.5 Å². The maximum atomic E-state index is 12.7. The van der Waals surface area contributed by atoms with Crippen LogP contribution in [0.25, 0.3) is 11.4 Å². The van der Waals surface area contributed by atoms with E-state index in [4.69, 9.17) is 4.74 Å². The van der Waals surface area contributed by atoms with Crippen molar-refractivity contribution < 1.29 is 9.53 Å². The first-order valence-corrected chi connectivity index (χ1v) is 10.8. The maximum absolute atomic E-state index is 12.7. The first-order chi connectivity index (χ1) is 15.0. The molecule has 0 aliphatic heterocycles. The standard InChI is InChI=1S/C23H23N5O2S/c1-16-7-9-18(10-8-16)28-21(13-17(2)26-28)25-22(29)15-31-23-24-11-12-27(23)19-5-4-6-20(14-19)30-3/h4-14H,15H2,1-3H3,(H,25,29). The number of benzene rings is 2. The number of anilines is 1. The van der Waals surface area contributed by atoms with Gasteiger partial charge in [0.05, 0.1) is 29.9 Å². The van der Waals surface area contributed by atoms with E-state index >= 15 is 0 Å². The molecule has 0 bridgehead atoms. The number of hydrogen-bond donors (Lipinski definition) is 1. The molecule has 7 nitrogen and oxygen atoms in total. The van der Waals surface area contributed by atoms with Crippen molar-refractivity contribution in [2.24, 2.45) is 0 Å². The normalized spacial score (nSPS) is 10.8. The number of aromatic nitrogens is 4. The number of methoxy groups -OCH3 is 1. The van der Waals surface area contributed by atoms with Crippen LogP contribution in [0.5, 0.6) is 5.75 Å². The van der Waals surface area contributed by atoms with Gasteiger partial charge in [-0.2, -0.15) is 5.10 Å². The molecule has 0 unspecified atom stereocenters. The second-order valence-electron chi connectivity index (χ2n) is 7.04. The lowest BCUT2D eigenvalue weighted by atomic mass is 10.2. The smallest absolute Gasteiger partial charge is 0.236 e. The zero-order valence-electron chi connectivity index (χ0n) is 17.6. The summed E-state index contributed by atoms with van der Waals surface area (Å²) in [5, 5.41) is 8.21. The van der Waals surface area contributed by atoms with Gasteiger partial charge in [0.1, 0.15) is 11.6 Å². The molecule has 0 saturated heterocycles. The molecule has 0 aliphatic carbocycles. The van der Waals surface area contributed by atoms with E-state index in [0.29, 0.717) is 5.82 Å². The minimum absolute atomic E-state index is 0.126. The predicted molar refractivity (Wildman–Crippen MR) is 123 cm³/mol. The van der Waals surface area contributed by atoms with Gasteiger partial charge in [0.2, 0.25) is 5.91 Å². The van der Waals surface area contributed by atoms with Crippen LogP contribution in [0.4, 0.5) is 5.82 Å². The fourth-order valence-electron chi connectivity index (χ4n) is 3.13. The van der Waals surface area contributed by atoms with Crippen molar-refractivity contribution in [1.29, 1.82) is 0 Å². The zero-order chi connectivity index (χ0) is 21.8. The number of amides is 1. The van der Waals surface area contributed by atoms with Gasteiger partial charge in [0.15, 0.2) is 5.16 Å². The number of carbonyl (C=O) groups excluding carboxylic acids is 1. The van der Waals surface area contributed by atoms with E-state index in [0.717, 1.165) is 28.0 Å². The minimum atomic E-state index is -0.126. The molecule has 2 aromatic heterocycles. The van der Waals surface area contributed by atoms with E-state index in [2.05, 4.69) is 15.4 Å². The summed E-state index contributed by atoms with van der Waals surface area (Å²) in [7, 11) is 1.63. The Morgan fingerprint density at radius 2 is 1.90 bits per heavy atom. The summed E-state index contributed by atoms with van der Waals surface area (Å²) < 4.78 is 8.98. The van der Waals surface area contributed by atoms with Crippen LogP contribution in [0.3, 0.4) is 0 Å². The molecule has 4 aromatic rings. The molecule has 158 valence electrons. The van der Waals surface area contributed by atoms with Crippen LogP contribution in [0, 0.1) is 13.8 Å². The highest BCUT2D eigenvalue weighted by molar-refractivity contribution is 7.99. The average Bonchev–Trinajstić information content (AvgIpc) is 3.39. The minimum Gasteiger partial charge on any atom is -0.497 e. The van der Waals surface area contributed by atoms with Gasteiger partial charge in [-0.1, -0.05) is 35.5 Å². The Bertz CT molecular complexity index is 1200. The third-order valence-electron chi connectivity index (χ3n) is 4.65. The van der Waals surface area contributed by atoms with Crippen molar-refractivity contribution in [3.63, 3.8) is 0 Å². The summed E-state index contributed by atoms with van der Waals surface area (Å²) in [6.07, 6.45) is 3.58. The largest absolute Gasteiger partial charge is 0.497 e. The Kier molecular flexibility index (Phi) is 6.08. The van der Waals surface area contributed by atoms with Gasteiger partial charge in [-0.15, -0.1) is 0 Å². The summed E-state index contributed by atoms with van der Waals surface area (Å²) in [6, 6.07) is 17.6. The molecule has 2 aromatic carbocycles. The van der Waals surface area contributed by atoms with Gasteiger partial charge in [0.25, 0.3) is 0 Å². The fourth-order valence-corrected chi connectivity index (χ4v) is 3.91. The van der Waals surface area contributed by atoms with Crippen LogP contribution in [-0.4, -0.2) is 38.1 Å². The number of nitrogens with zero attached hydrogens (tertiary/aromatic N) is 4. The molecule has 1 N–H and O–H groups in total. The summed E-state index contributed by atoms with van der Waals surface area (Å²) >= 11 is 1.37.